The van der Waals surface area contributed by atoms with Crippen molar-refractivity contribution in [1.82, 2.24) is 0 Å². The standard InChI is InChI=1S/C7H16O3Si/c1-6(2)7(8)10-4-5-11-9-3/h6H,4-5,11H2,1-3H3. The van der Waals surface area contributed by atoms with Crippen LogP contribution in [0.2, 0.25) is 6.04 Å². The molecular formula is C7H16O3Si. The molecule has 3 nitrogen and oxygen atoms in total. The molecular weight excluding hydrogens is 160 g/mol. The topological polar surface area (TPSA) is 35.5 Å². The van der Waals surface area contributed by atoms with Gasteiger partial charge in [0.15, 0.2) is 9.76 Å². The summed E-state index contributed by atoms with van der Waals surface area (Å²) < 4.78 is 9.85. The molecule has 0 radical (unpaired) electrons. The minimum atomic E-state index is -0.423. The Morgan fingerprint density at radius 1 is 1.55 bits per heavy atom. The van der Waals surface area contributed by atoms with Crippen molar-refractivity contribution < 1.29 is 14.0 Å². The molecule has 0 N–H and O–H groups in total. The van der Waals surface area contributed by atoms with Gasteiger partial charge in [-0.15, -0.1) is 0 Å². The molecule has 0 aromatic heterocycles. The Bertz CT molecular complexity index is 114. The van der Waals surface area contributed by atoms with E-state index in [0.29, 0.717) is 6.61 Å². The summed E-state index contributed by atoms with van der Waals surface area (Å²) in [5, 5.41) is 0. The highest BCUT2D eigenvalue weighted by Crippen LogP contribution is 1.96. The highest BCUT2D eigenvalue weighted by Gasteiger charge is 2.06. The van der Waals surface area contributed by atoms with Crippen molar-refractivity contribution in [2.45, 2.75) is 19.9 Å². The first-order chi connectivity index (χ1) is 5.18. The summed E-state index contributed by atoms with van der Waals surface area (Å²) in [5.74, 6) is -0.130. The maximum atomic E-state index is 10.9. The van der Waals surface area contributed by atoms with E-state index in [1.54, 1.807) is 7.11 Å². The molecule has 0 heterocycles. The van der Waals surface area contributed by atoms with E-state index in [1.165, 1.54) is 0 Å². The molecule has 0 rings (SSSR count). The van der Waals surface area contributed by atoms with E-state index in [1.807, 2.05) is 13.8 Å². The zero-order valence-corrected chi connectivity index (χ0v) is 8.84. The molecule has 0 aliphatic rings. The minimum Gasteiger partial charge on any atom is -0.466 e. The molecule has 0 spiro atoms. The maximum absolute atomic E-state index is 10.9. The van der Waals surface area contributed by atoms with Crippen molar-refractivity contribution >= 4 is 15.7 Å². The first-order valence-electron chi connectivity index (χ1n) is 3.84. The Labute approximate surface area is 70.0 Å². The van der Waals surface area contributed by atoms with E-state index in [4.69, 9.17) is 9.16 Å². The Balaban J connectivity index is 3.18. The predicted octanol–water partition coefficient (Wildman–Crippen LogP) is 0.334. The van der Waals surface area contributed by atoms with Crippen LogP contribution in [0.3, 0.4) is 0 Å². The average Bonchev–Trinajstić information content (AvgIpc) is 1.97. The highest BCUT2D eigenvalue weighted by molar-refractivity contribution is 6.27. The van der Waals surface area contributed by atoms with Gasteiger partial charge in [0, 0.05) is 7.11 Å². The number of rotatable bonds is 5. The van der Waals surface area contributed by atoms with Crippen LogP contribution in [0, 0.1) is 5.92 Å². The van der Waals surface area contributed by atoms with Gasteiger partial charge in [-0.2, -0.15) is 0 Å². The number of hydrogen-bond acceptors (Lipinski definition) is 3. The quantitative estimate of drug-likeness (QED) is 0.344. The van der Waals surface area contributed by atoms with Crippen molar-refractivity contribution in [2.75, 3.05) is 13.7 Å². The van der Waals surface area contributed by atoms with Crippen LogP contribution in [0.5, 0.6) is 0 Å². The Morgan fingerprint density at radius 2 is 2.18 bits per heavy atom. The number of carbonyl (C=O) groups is 1. The second-order valence-corrected chi connectivity index (χ2v) is 4.36. The molecule has 0 unspecified atom stereocenters. The second kappa shape index (κ2) is 6.36. The fourth-order valence-electron chi connectivity index (χ4n) is 0.543. The molecule has 0 atom stereocenters. The van der Waals surface area contributed by atoms with Gasteiger partial charge in [0.2, 0.25) is 0 Å². The number of ether oxygens (including phenoxy) is 1. The maximum Gasteiger partial charge on any atom is 0.308 e. The lowest BCUT2D eigenvalue weighted by Crippen LogP contribution is -2.13. The summed E-state index contributed by atoms with van der Waals surface area (Å²) in [6.07, 6.45) is 0. The van der Waals surface area contributed by atoms with Crippen LogP contribution >= 0.6 is 0 Å². The van der Waals surface area contributed by atoms with E-state index >= 15 is 0 Å². The molecule has 0 aliphatic heterocycles. The van der Waals surface area contributed by atoms with E-state index < -0.39 is 9.76 Å². The lowest BCUT2D eigenvalue weighted by Gasteiger charge is -2.05. The van der Waals surface area contributed by atoms with Crippen LogP contribution in [0.4, 0.5) is 0 Å². The molecule has 0 amide bonds. The summed E-state index contributed by atoms with van der Waals surface area (Å²) in [7, 11) is 1.27. The van der Waals surface area contributed by atoms with Gasteiger partial charge in [0.05, 0.1) is 12.5 Å². The molecule has 0 saturated carbocycles. The lowest BCUT2D eigenvalue weighted by molar-refractivity contribution is -0.146. The largest absolute Gasteiger partial charge is 0.466 e. The molecule has 4 heteroatoms. The summed E-state index contributed by atoms with van der Waals surface area (Å²) >= 11 is 0. The zero-order valence-electron chi connectivity index (χ0n) is 7.42. The van der Waals surface area contributed by atoms with Crippen LogP contribution in [0.1, 0.15) is 13.8 Å². The Kier molecular flexibility index (Phi) is 6.16. The third kappa shape index (κ3) is 6.06. The fourth-order valence-corrected chi connectivity index (χ4v) is 1.09. The predicted molar refractivity (Wildman–Crippen MR) is 46.2 cm³/mol. The lowest BCUT2D eigenvalue weighted by atomic mass is 10.2. The van der Waals surface area contributed by atoms with Crippen molar-refractivity contribution in [3.63, 3.8) is 0 Å². The van der Waals surface area contributed by atoms with Crippen molar-refractivity contribution in [2.24, 2.45) is 5.92 Å². The van der Waals surface area contributed by atoms with Crippen LogP contribution < -0.4 is 0 Å². The molecule has 0 saturated heterocycles. The molecule has 0 aromatic rings. The fraction of sp³-hybridized carbons (Fsp3) is 0.857. The van der Waals surface area contributed by atoms with Crippen molar-refractivity contribution in [3.8, 4) is 0 Å². The van der Waals surface area contributed by atoms with Gasteiger partial charge in [0.1, 0.15) is 0 Å². The molecule has 0 bridgehead atoms. The summed E-state index contributed by atoms with van der Waals surface area (Å²) in [6.45, 7) is 4.18. The van der Waals surface area contributed by atoms with E-state index in [0.717, 1.165) is 6.04 Å². The van der Waals surface area contributed by atoms with Gasteiger partial charge in [-0.05, 0) is 6.04 Å². The number of esters is 1. The Hall–Kier alpha value is -0.353. The van der Waals surface area contributed by atoms with Crippen LogP contribution in [-0.4, -0.2) is 29.4 Å². The molecule has 11 heavy (non-hydrogen) atoms. The average molecular weight is 176 g/mol. The van der Waals surface area contributed by atoms with Gasteiger partial charge in [-0.25, -0.2) is 0 Å². The minimum absolute atomic E-state index is 0.0146. The van der Waals surface area contributed by atoms with E-state index in [-0.39, 0.29) is 11.9 Å². The number of carbonyl (C=O) groups excluding carboxylic acids is 1. The first kappa shape index (κ1) is 10.6. The summed E-state index contributed by atoms with van der Waals surface area (Å²) in [4.78, 5) is 10.9. The third-order valence-electron chi connectivity index (χ3n) is 1.21. The van der Waals surface area contributed by atoms with Crippen LogP contribution in [-0.2, 0) is 14.0 Å². The molecule has 0 aliphatic carbocycles. The summed E-state index contributed by atoms with van der Waals surface area (Å²) in [6, 6.07) is 0.912. The highest BCUT2D eigenvalue weighted by atomic mass is 28.2. The van der Waals surface area contributed by atoms with Crippen LogP contribution in [0.25, 0.3) is 0 Å². The van der Waals surface area contributed by atoms with Gasteiger partial charge >= 0.3 is 5.97 Å². The normalized spacial score (nSPS) is 11.3. The number of hydrogen-bond donors (Lipinski definition) is 0. The van der Waals surface area contributed by atoms with E-state index in [2.05, 4.69) is 0 Å². The van der Waals surface area contributed by atoms with Gasteiger partial charge in [0.25, 0.3) is 0 Å². The van der Waals surface area contributed by atoms with Crippen molar-refractivity contribution in [3.05, 3.63) is 0 Å². The SMILES string of the molecule is CO[SiH2]CCOC(=O)C(C)C. The molecule has 0 aromatic carbocycles. The zero-order chi connectivity index (χ0) is 8.69. The van der Waals surface area contributed by atoms with Gasteiger partial charge in [-0.3, -0.25) is 4.79 Å². The summed E-state index contributed by atoms with van der Waals surface area (Å²) in [5.41, 5.74) is 0. The molecule has 66 valence electrons. The van der Waals surface area contributed by atoms with Gasteiger partial charge in [-0.1, -0.05) is 13.8 Å². The Morgan fingerprint density at radius 3 is 2.64 bits per heavy atom. The van der Waals surface area contributed by atoms with E-state index in [9.17, 15) is 4.79 Å². The smallest absolute Gasteiger partial charge is 0.308 e. The molecule has 0 fully saturated rings. The monoisotopic (exact) mass is 176 g/mol. The van der Waals surface area contributed by atoms with Crippen molar-refractivity contribution in [1.29, 1.82) is 0 Å². The van der Waals surface area contributed by atoms with Crippen LogP contribution in [0.15, 0.2) is 0 Å². The third-order valence-corrected chi connectivity index (χ3v) is 2.19. The first-order valence-corrected chi connectivity index (χ1v) is 5.41. The second-order valence-electron chi connectivity index (χ2n) is 2.67. The van der Waals surface area contributed by atoms with Gasteiger partial charge < -0.3 is 9.16 Å².